The second-order valence-electron chi connectivity index (χ2n) is 2.82. The van der Waals surface area contributed by atoms with E-state index in [-0.39, 0.29) is 0 Å². The smallest absolute Gasteiger partial charge is 0.110 e. The lowest BCUT2D eigenvalue weighted by Gasteiger charge is -2.03. The first-order valence-corrected chi connectivity index (χ1v) is 4.82. The molecule has 0 N–H and O–H groups in total. The van der Waals surface area contributed by atoms with Gasteiger partial charge in [0.2, 0.25) is 0 Å². The zero-order valence-corrected chi connectivity index (χ0v) is 8.82. The first kappa shape index (κ1) is 8.51. The number of benzene rings is 1. The molecular formula is C10H9BrN2. The number of nitrogens with zero attached hydrogens (tertiary/aromatic N) is 2. The van der Waals surface area contributed by atoms with Crippen LogP contribution in [0.25, 0.3) is 5.69 Å². The first-order chi connectivity index (χ1) is 6.27. The van der Waals surface area contributed by atoms with Gasteiger partial charge in [-0.1, -0.05) is 15.9 Å². The zero-order chi connectivity index (χ0) is 9.26. The van der Waals surface area contributed by atoms with Crippen molar-refractivity contribution in [2.45, 2.75) is 6.92 Å². The highest BCUT2D eigenvalue weighted by Gasteiger charge is 1.98. The largest absolute Gasteiger partial charge is 0.304 e. The molecule has 0 saturated heterocycles. The lowest BCUT2D eigenvalue weighted by atomic mass is 10.3. The molecule has 0 unspecified atom stereocenters. The van der Waals surface area contributed by atoms with E-state index in [0.29, 0.717) is 0 Å². The van der Waals surface area contributed by atoms with Gasteiger partial charge in [-0.2, -0.15) is 0 Å². The molecule has 1 aromatic carbocycles. The Kier molecular flexibility index (Phi) is 2.19. The van der Waals surface area contributed by atoms with E-state index in [1.807, 2.05) is 29.8 Å². The van der Waals surface area contributed by atoms with Crippen LogP contribution in [0.3, 0.4) is 0 Å². The van der Waals surface area contributed by atoms with E-state index in [9.17, 15) is 0 Å². The van der Waals surface area contributed by atoms with Crippen molar-refractivity contribution in [2.24, 2.45) is 0 Å². The molecule has 3 heteroatoms. The highest BCUT2D eigenvalue weighted by atomic mass is 79.9. The Balaban J connectivity index is 2.47. The van der Waals surface area contributed by atoms with Gasteiger partial charge in [-0.3, -0.25) is 0 Å². The van der Waals surface area contributed by atoms with Crippen LogP contribution in [0.15, 0.2) is 41.1 Å². The zero-order valence-electron chi connectivity index (χ0n) is 7.24. The van der Waals surface area contributed by atoms with Crippen molar-refractivity contribution in [3.8, 4) is 5.69 Å². The minimum atomic E-state index is 1.00. The van der Waals surface area contributed by atoms with Crippen LogP contribution in [-0.4, -0.2) is 9.55 Å². The number of rotatable bonds is 1. The molecule has 0 fully saturated rings. The van der Waals surface area contributed by atoms with Crippen molar-refractivity contribution in [3.63, 3.8) is 0 Å². The number of aromatic nitrogens is 2. The SMILES string of the molecule is Cc1nccn1-c1ccc(Br)cc1. The molecule has 1 heterocycles. The summed E-state index contributed by atoms with van der Waals surface area (Å²) in [6.07, 6.45) is 3.76. The third-order valence-corrected chi connectivity index (χ3v) is 2.46. The van der Waals surface area contributed by atoms with Crippen molar-refractivity contribution < 1.29 is 0 Å². The van der Waals surface area contributed by atoms with Crippen LogP contribution in [0.1, 0.15) is 5.82 Å². The number of imidazole rings is 1. The van der Waals surface area contributed by atoms with Gasteiger partial charge in [-0.05, 0) is 31.2 Å². The molecule has 0 radical (unpaired) electrons. The number of aryl methyl sites for hydroxylation is 1. The molecule has 0 aliphatic carbocycles. The van der Waals surface area contributed by atoms with E-state index < -0.39 is 0 Å². The molecule has 66 valence electrons. The Hall–Kier alpha value is -1.09. The van der Waals surface area contributed by atoms with Crippen molar-refractivity contribution in [3.05, 3.63) is 47.0 Å². The summed E-state index contributed by atoms with van der Waals surface area (Å²) < 4.78 is 3.14. The van der Waals surface area contributed by atoms with Crippen molar-refractivity contribution >= 4 is 15.9 Å². The van der Waals surface area contributed by atoms with E-state index in [1.165, 1.54) is 0 Å². The molecule has 0 atom stereocenters. The van der Waals surface area contributed by atoms with Crippen LogP contribution >= 0.6 is 15.9 Å². The monoisotopic (exact) mass is 236 g/mol. The quantitative estimate of drug-likeness (QED) is 0.745. The van der Waals surface area contributed by atoms with Crippen LogP contribution < -0.4 is 0 Å². The number of halogens is 1. The fraction of sp³-hybridized carbons (Fsp3) is 0.100. The third kappa shape index (κ3) is 1.65. The summed E-state index contributed by atoms with van der Waals surface area (Å²) in [6, 6.07) is 8.15. The van der Waals surface area contributed by atoms with Crippen molar-refractivity contribution in [2.75, 3.05) is 0 Å². The Morgan fingerprint density at radius 1 is 1.23 bits per heavy atom. The van der Waals surface area contributed by atoms with Gasteiger partial charge in [0.25, 0.3) is 0 Å². The molecule has 2 nitrogen and oxygen atoms in total. The lowest BCUT2D eigenvalue weighted by molar-refractivity contribution is 0.974. The molecule has 2 rings (SSSR count). The van der Waals surface area contributed by atoms with Crippen LogP contribution in [0.5, 0.6) is 0 Å². The molecule has 0 spiro atoms. The minimum absolute atomic E-state index is 1.00. The summed E-state index contributed by atoms with van der Waals surface area (Å²) in [4.78, 5) is 4.17. The summed E-state index contributed by atoms with van der Waals surface area (Å²) in [5, 5.41) is 0. The molecule has 1 aromatic heterocycles. The molecule has 0 bridgehead atoms. The molecule has 2 aromatic rings. The van der Waals surface area contributed by atoms with Crippen LogP contribution in [0.4, 0.5) is 0 Å². The van der Waals surface area contributed by atoms with Gasteiger partial charge in [0, 0.05) is 22.6 Å². The van der Waals surface area contributed by atoms with E-state index in [0.717, 1.165) is 16.0 Å². The second-order valence-corrected chi connectivity index (χ2v) is 3.74. The summed E-state index contributed by atoms with van der Waals surface area (Å²) in [5.74, 6) is 1.00. The van der Waals surface area contributed by atoms with Gasteiger partial charge < -0.3 is 4.57 Å². The fourth-order valence-electron chi connectivity index (χ4n) is 1.25. The van der Waals surface area contributed by atoms with Crippen LogP contribution in [-0.2, 0) is 0 Å². The fourth-order valence-corrected chi connectivity index (χ4v) is 1.52. The van der Waals surface area contributed by atoms with Crippen LogP contribution in [0, 0.1) is 6.92 Å². The molecular weight excluding hydrogens is 228 g/mol. The summed E-state index contributed by atoms with van der Waals surface area (Å²) in [5.41, 5.74) is 1.14. The topological polar surface area (TPSA) is 17.8 Å². The normalized spacial score (nSPS) is 10.3. The lowest BCUT2D eigenvalue weighted by Crippen LogP contribution is -1.94. The number of hydrogen-bond donors (Lipinski definition) is 0. The predicted molar refractivity (Wildman–Crippen MR) is 56.0 cm³/mol. The van der Waals surface area contributed by atoms with Gasteiger partial charge >= 0.3 is 0 Å². The average molecular weight is 237 g/mol. The van der Waals surface area contributed by atoms with Gasteiger partial charge in [-0.15, -0.1) is 0 Å². The van der Waals surface area contributed by atoms with E-state index >= 15 is 0 Å². The van der Waals surface area contributed by atoms with Gasteiger partial charge in [-0.25, -0.2) is 4.98 Å². The maximum atomic E-state index is 4.17. The maximum Gasteiger partial charge on any atom is 0.110 e. The second kappa shape index (κ2) is 3.34. The van der Waals surface area contributed by atoms with Crippen molar-refractivity contribution in [1.82, 2.24) is 9.55 Å². The maximum absolute atomic E-state index is 4.17. The highest BCUT2D eigenvalue weighted by molar-refractivity contribution is 9.10. The molecule has 0 aliphatic heterocycles. The Labute approximate surface area is 85.4 Å². The van der Waals surface area contributed by atoms with E-state index in [1.54, 1.807) is 6.20 Å². The highest BCUT2D eigenvalue weighted by Crippen LogP contribution is 2.14. The van der Waals surface area contributed by atoms with Crippen molar-refractivity contribution in [1.29, 1.82) is 0 Å². The van der Waals surface area contributed by atoms with Gasteiger partial charge in [0.1, 0.15) is 5.82 Å². The van der Waals surface area contributed by atoms with E-state index in [2.05, 4.69) is 33.0 Å². The summed E-state index contributed by atoms with van der Waals surface area (Å²) in [6.45, 7) is 1.99. The number of hydrogen-bond acceptors (Lipinski definition) is 1. The Morgan fingerprint density at radius 2 is 1.92 bits per heavy atom. The third-order valence-electron chi connectivity index (χ3n) is 1.93. The predicted octanol–water partition coefficient (Wildman–Crippen LogP) is 2.94. The summed E-state index contributed by atoms with van der Waals surface area (Å²) >= 11 is 3.40. The Morgan fingerprint density at radius 3 is 2.46 bits per heavy atom. The first-order valence-electron chi connectivity index (χ1n) is 4.03. The minimum Gasteiger partial charge on any atom is -0.304 e. The molecule has 0 aliphatic rings. The molecule has 0 amide bonds. The Bertz CT molecular complexity index is 403. The molecule has 13 heavy (non-hydrogen) atoms. The standard InChI is InChI=1S/C10H9BrN2/c1-8-12-6-7-13(8)10-4-2-9(11)3-5-10/h2-7H,1H3. The summed E-state index contributed by atoms with van der Waals surface area (Å²) in [7, 11) is 0. The van der Waals surface area contributed by atoms with Crippen LogP contribution in [0.2, 0.25) is 0 Å². The van der Waals surface area contributed by atoms with Gasteiger partial charge in [0.05, 0.1) is 0 Å². The van der Waals surface area contributed by atoms with E-state index in [4.69, 9.17) is 0 Å². The average Bonchev–Trinajstić information content (AvgIpc) is 2.53. The van der Waals surface area contributed by atoms with Gasteiger partial charge in [0.15, 0.2) is 0 Å². The molecule has 0 saturated carbocycles.